The molecule has 1 aromatic rings. The maximum atomic E-state index is 12.7. The van der Waals surface area contributed by atoms with Crippen LogP contribution in [0.15, 0.2) is 12.1 Å². The molecular formula is C7H2ClF2NaO2. The average Bonchev–Trinajstić information content (AvgIpc) is 1.96. The zero-order chi connectivity index (χ0) is 9.30. The van der Waals surface area contributed by atoms with Crippen molar-refractivity contribution in [2.75, 3.05) is 0 Å². The molecule has 1 aromatic carbocycles. The number of hydrogen-bond donors (Lipinski definition) is 0. The molecule has 0 atom stereocenters. The number of halogens is 3. The van der Waals surface area contributed by atoms with Crippen molar-refractivity contribution in [1.29, 1.82) is 0 Å². The Kier molecular flexibility index (Phi) is 4.85. The van der Waals surface area contributed by atoms with Crippen LogP contribution in [0, 0.1) is 11.6 Å². The quantitative estimate of drug-likeness (QED) is 0.400. The van der Waals surface area contributed by atoms with Gasteiger partial charge in [0.2, 0.25) is 0 Å². The van der Waals surface area contributed by atoms with Gasteiger partial charge in [0.15, 0.2) is 5.82 Å². The Balaban J connectivity index is 0.00000144. The molecule has 0 radical (unpaired) electrons. The van der Waals surface area contributed by atoms with Gasteiger partial charge in [-0.05, 0) is 12.1 Å². The van der Waals surface area contributed by atoms with Crippen LogP contribution in [-0.2, 0) is 0 Å². The number of carbonyl (C=O) groups excluding carboxylic acids is 1. The molecule has 0 N–H and O–H groups in total. The largest absolute Gasteiger partial charge is 1.00 e. The van der Waals surface area contributed by atoms with E-state index in [2.05, 4.69) is 0 Å². The molecule has 0 heterocycles. The van der Waals surface area contributed by atoms with Crippen LogP contribution >= 0.6 is 11.6 Å². The average molecular weight is 215 g/mol. The number of hydrogen-bond acceptors (Lipinski definition) is 2. The van der Waals surface area contributed by atoms with Crippen molar-refractivity contribution in [3.63, 3.8) is 0 Å². The molecule has 2 nitrogen and oxygen atoms in total. The first kappa shape index (κ1) is 12.8. The molecule has 0 aliphatic rings. The van der Waals surface area contributed by atoms with Gasteiger partial charge in [0, 0.05) is 5.56 Å². The minimum absolute atomic E-state index is 0. The second-order valence-electron chi connectivity index (χ2n) is 2.04. The molecule has 0 spiro atoms. The zero-order valence-electron chi connectivity index (χ0n) is 6.61. The van der Waals surface area contributed by atoms with Gasteiger partial charge in [-0.2, -0.15) is 0 Å². The van der Waals surface area contributed by atoms with Crippen LogP contribution in [0.2, 0.25) is 5.02 Å². The summed E-state index contributed by atoms with van der Waals surface area (Å²) >= 11 is 5.16. The second-order valence-corrected chi connectivity index (χ2v) is 2.44. The van der Waals surface area contributed by atoms with Gasteiger partial charge >= 0.3 is 29.6 Å². The van der Waals surface area contributed by atoms with Gasteiger partial charge < -0.3 is 9.90 Å². The van der Waals surface area contributed by atoms with Crippen molar-refractivity contribution in [1.82, 2.24) is 0 Å². The van der Waals surface area contributed by atoms with E-state index < -0.39 is 28.2 Å². The first-order chi connectivity index (χ1) is 5.52. The minimum Gasteiger partial charge on any atom is -0.545 e. The molecule has 0 bridgehead atoms. The van der Waals surface area contributed by atoms with Crippen molar-refractivity contribution in [3.8, 4) is 0 Å². The van der Waals surface area contributed by atoms with Gasteiger partial charge in [0.1, 0.15) is 5.82 Å². The van der Waals surface area contributed by atoms with Gasteiger partial charge in [-0.15, -0.1) is 0 Å². The number of carboxylic acids is 1. The number of rotatable bonds is 1. The fraction of sp³-hybridized carbons (Fsp3) is 0. The molecule has 64 valence electrons. The molecule has 0 aromatic heterocycles. The maximum Gasteiger partial charge on any atom is 1.00 e. The Morgan fingerprint density at radius 2 is 1.92 bits per heavy atom. The van der Waals surface area contributed by atoms with Crippen LogP contribution < -0.4 is 34.7 Å². The van der Waals surface area contributed by atoms with E-state index in [0.29, 0.717) is 12.1 Å². The van der Waals surface area contributed by atoms with Gasteiger partial charge in [0.05, 0.1) is 11.0 Å². The van der Waals surface area contributed by atoms with Gasteiger partial charge in [-0.3, -0.25) is 0 Å². The molecule has 6 heteroatoms. The van der Waals surface area contributed by atoms with Crippen molar-refractivity contribution < 1.29 is 48.2 Å². The van der Waals surface area contributed by atoms with Crippen LogP contribution in [0.5, 0.6) is 0 Å². The van der Waals surface area contributed by atoms with Crippen LogP contribution in [0.4, 0.5) is 8.78 Å². The van der Waals surface area contributed by atoms with Crippen LogP contribution in [0.25, 0.3) is 0 Å². The Bertz CT molecular complexity index is 344. The third-order valence-corrected chi connectivity index (χ3v) is 1.49. The van der Waals surface area contributed by atoms with E-state index >= 15 is 0 Å². The summed E-state index contributed by atoms with van der Waals surface area (Å²) < 4.78 is 25.1. The van der Waals surface area contributed by atoms with E-state index in [9.17, 15) is 18.7 Å². The molecule has 0 aliphatic carbocycles. The summed E-state index contributed by atoms with van der Waals surface area (Å²) in [5.41, 5.74) is -0.875. The molecule has 0 unspecified atom stereocenters. The van der Waals surface area contributed by atoms with Crippen molar-refractivity contribution >= 4 is 17.6 Å². The Morgan fingerprint density at radius 1 is 1.38 bits per heavy atom. The molecule has 0 amide bonds. The van der Waals surface area contributed by atoms with E-state index in [-0.39, 0.29) is 29.6 Å². The molecule has 13 heavy (non-hydrogen) atoms. The van der Waals surface area contributed by atoms with Crippen molar-refractivity contribution in [2.45, 2.75) is 0 Å². The molecular weight excluding hydrogens is 213 g/mol. The summed E-state index contributed by atoms with van der Waals surface area (Å²) in [4.78, 5) is 10.1. The summed E-state index contributed by atoms with van der Waals surface area (Å²) in [6.45, 7) is 0. The van der Waals surface area contributed by atoms with Gasteiger partial charge in [-0.25, -0.2) is 8.78 Å². The third kappa shape index (κ3) is 2.91. The standard InChI is InChI=1S/C7H3ClF2O2.Na/c8-5-2-3(9)1-4(6(5)10)7(11)12;/h1-2H,(H,11,12);/q;+1/p-1. The fourth-order valence-electron chi connectivity index (χ4n) is 0.705. The predicted molar refractivity (Wildman–Crippen MR) is 35.7 cm³/mol. The Labute approximate surface area is 99.8 Å². The SMILES string of the molecule is O=C([O-])c1cc(F)cc(Cl)c1F.[Na+]. The van der Waals surface area contributed by atoms with Crippen molar-refractivity contribution in [3.05, 3.63) is 34.4 Å². The summed E-state index contributed by atoms with van der Waals surface area (Å²) in [5.74, 6) is -3.90. The molecule has 0 fully saturated rings. The molecule has 0 saturated carbocycles. The summed E-state index contributed by atoms with van der Waals surface area (Å²) in [7, 11) is 0. The second kappa shape index (κ2) is 4.91. The van der Waals surface area contributed by atoms with Gasteiger partial charge in [0.25, 0.3) is 0 Å². The summed E-state index contributed by atoms with van der Waals surface area (Å²) in [6, 6.07) is 1.19. The number of carboxylic acid groups (broad SMARTS) is 1. The fourth-order valence-corrected chi connectivity index (χ4v) is 0.911. The normalized spacial score (nSPS) is 9.15. The monoisotopic (exact) mass is 214 g/mol. The zero-order valence-corrected chi connectivity index (χ0v) is 9.36. The van der Waals surface area contributed by atoms with Crippen LogP contribution in [-0.4, -0.2) is 5.97 Å². The predicted octanol–water partition coefficient (Wildman–Crippen LogP) is -2.01. The topological polar surface area (TPSA) is 40.1 Å². The van der Waals surface area contributed by atoms with Crippen LogP contribution in [0.1, 0.15) is 10.4 Å². The first-order valence-electron chi connectivity index (χ1n) is 2.88. The summed E-state index contributed by atoms with van der Waals surface area (Å²) in [5, 5.41) is 9.57. The molecule has 0 aliphatic heterocycles. The van der Waals surface area contributed by atoms with E-state index in [0.717, 1.165) is 0 Å². The Hall–Kier alpha value is -0.160. The maximum absolute atomic E-state index is 12.7. The van der Waals surface area contributed by atoms with Crippen molar-refractivity contribution in [2.24, 2.45) is 0 Å². The summed E-state index contributed by atoms with van der Waals surface area (Å²) in [6.07, 6.45) is 0. The third-order valence-electron chi connectivity index (χ3n) is 1.21. The van der Waals surface area contributed by atoms with Gasteiger partial charge in [-0.1, -0.05) is 11.6 Å². The number of carbonyl (C=O) groups is 1. The molecule has 1 rings (SSSR count). The minimum atomic E-state index is -1.80. The number of benzene rings is 1. The van der Waals surface area contributed by atoms with E-state index in [4.69, 9.17) is 11.6 Å². The van der Waals surface area contributed by atoms with E-state index in [1.54, 1.807) is 0 Å². The van der Waals surface area contributed by atoms with E-state index in [1.165, 1.54) is 0 Å². The Morgan fingerprint density at radius 3 is 2.38 bits per heavy atom. The van der Waals surface area contributed by atoms with Crippen LogP contribution in [0.3, 0.4) is 0 Å². The molecule has 0 saturated heterocycles. The smallest absolute Gasteiger partial charge is 0.545 e. The first-order valence-corrected chi connectivity index (χ1v) is 3.26. The van der Waals surface area contributed by atoms with E-state index in [1.807, 2.05) is 0 Å². The number of aromatic carboxylic acids is 1.